The fourth-order valence-electron chi connectivity index (χ4n) is 6.89. The van der Waals surface area contributed by atoms with E-state index < -0.39 is 0 Å². The van der Waals surface area contributed by atoms with E-state index in [9.17, 15) is 0 Å². The summed E-state index contributed by atoms with van der Waals surface area (Å²) in [7, 11) is 0. The molecular weight excluding hydrogens is 533 g/mol. The summed E-state index contributed by atoms with van der Waals surface area (Å²) in [4.78, 5) is 6.07. The van der Waals surface area contributed by atoms with Crippen molar-refractivity contribution in [3.8, 4) is 11.4 Å². The Bertz CT molecular complexity index is 2410. The highest BCUT2D eigenvalue weighted by atomic mass is 32.1. The quantitative estimate of drug-likeness (QED) is 0.209. The molecule has 0 atom stereocenters. The van der Waals surface area contributed by atoms with Crippen molar-refractivity contribution in [2.75, 3.05) is 0 Å². The van der Waals surface area contributed by atoms with Crippen molar-refractivity contribution in [1.29, 1.82) is 0 Å². The van der Waals surface area contributed by atoms with E-state index >= 15 is 0 Å². The molecule has 0 bridgehead atoms. The van der Waals surface area contributed by atoms with Crippen LogP contribution >= 0.6 is 11.3 Å². The second-order valence-electron chi connectivity index (χ2n) is 10.9. The Kier molecular flexibility index (Phi) is 4.30. The molecule has 0 aliphatic carbocycles. The number of aromatic nitrogens is 4. The Morgan fingerprint density at radius 2 is 0.881 bits per heavy atom. The Morgan fingerprint density at radius 3 is 1.40 bits per heavy atom. The third-order valence-electron chi connectivity index (χ3n) is 8.67. The topological polar surface area (TPSA) is 27.2 Å². The lowest BCUT2D eigenvalue weighted by Gasteiger charge is -2.09. The van der Waals surface area contributed by atoms with E-state index in [0.29, 0.717) is 0 Å². The lowest BCUT2D eigenvalue weighted by molar-refractivity contribution is 1.18. The zero-order chi connectivity index (χ0) is 27.4. The highest BCUT2D eigenvalue weighted by molar-refractivity contribution is 7.23. The van der Waals surface area contributed by atoms with Gasteiger partial charge in [-0.05, 0) is 60.7 Å². The van der Waals surface area contributed by atoms with Gasteiger partial charge >= 0.3 is 0 Å². The van der Waals surface area contributed by atoms with E-state index in [1.807, 2.05) is 0 Å². The van der Waals surface area contributed by atoms with Crippen molar-refractivity contribution < 1.29 is 0 Å². The van der Waals surface area contributed by atoms with Crippen LogP contribution < -0.4 is 0 Å². The Morgan fingerprint density at radius 1 is 0.429 bits per heavy atom. The minimum absolute atomic E-state index is 1.01. The summed E-state index contributed by atoms with van der Waals surface area (Å²) in [6.07, 6.45) is 0. The van der Waals surface area contributed by atoms with E-state index in [1.165, 1.54) is 53.8 Å². The van der Waals surface area contributed by atoms with Gasteiger partial charge in [-0.2, -0.15) is 0 Å². The summed E-state index contributed by atoms with van der Waals surface area (Å²) in [6, 6.07) is 48.2. The molecule has 0 N–H and O–H groups in total. The average Bonchev–Trinajstić information content (AvgIpc) is 3.77. The number of para-hydroxylation sites is 4. The zero-order valence-corrected chi connectivity index (χ0v) is 23.2. The lowest BCUT2D eigenvalue weighted by Crippen LogP contribution is -1.95. The number of benzene rings is 6. The van der Waals surface area contributed by atoms with Crippen LogP contribution in [0.2, 0.25) is 0 Å². The van der Waals surface area contributed by atoms with Gasteiger partial charge in [-0.1, -0.05) is 84.1 Å². The predicted octanol–water partition coefficient (Wildman–Crippen LogP) is 9.90. The molecule has 0 aliphatic heterocycles. The van der Waals surface area contributed by atoms with Crippen LogP contribution in [0.5, 0.6) is 0 Å². The molecule has 4 heterocycles. The fourth-order valence-corrected chi connectivity index (χ4v) is 7.91. The number of fused-ring (bicyclic) bond motifs is 11. The highest BCUT2D eigenvalue weighted by Crippen LogP contribution is 2.37. The van der Waals surface area contributed by atoms with Crippen molar-refractivity contribution in [3.63, 3.8) is 0 Å². The highest BCUT2D eigenvalue weighted by Gasteiger charge is 2.17. The van der Waals surface area contributed by atoms with Gasteiger partial charge in [0.1, 0.15) is 0 Å². The number of hydrogen-bond acceptors (Lipinski definition) is 2. The van der Waals surface area contributed by atoms with Gasteiger partial charge < -0.3 is 9.13 Å². The van der Waals surface area contributed by atoms with Crippen molar-refractivity contribution in [1.82, 2.24) is 18.5 Å². The molecule has 42 heavy (non-hydrogen) atoms. The van der Waals surface area contributed by atoms with Crippen LogP contribution in [0.3, 0.4) is 0 Å². The Balaban J connectivity index is 1.26. The predicted molar refractivity (Wildman–Crippen MR) is 177 cm³/mol. The van der Waals surface area contributed by atoms with E-state index in [2.05, 4.69) is 147 Å². The largest absolute Gasteiger partial charge is 0.309 e. The molecule has 196 valence electrons. The SMILES string of the molecule is c1ccc2c(c1)c1ccccc1n2-c1ccc2nc3sc4ccc(-n5c6ccccc6c6ccccc65)cc4n3c2c1. The third-order valence-corrected chi connectivity index (χ3v) is 9.69. The Labute approximate surface area is 243 Å². The van der Waals surface area contributed by atoms with E-state index in [4.69, 9.17) is 4.98 Å². The van der Waals surface area contributed by atoms with Gasteiger partial charge in [0.25, 0.3) is 0 Å². The molecule has 0 spiro atoms. The van der Waals surface area contributed by atoms with Crippen LogP contribution in [0.1, 0.15) is 0 Å². The molecule has 10 rings (SSSR count). The van der Waals surface area contributed by atoms with Gasteiger partial charge in [0.2, 0.25) is 0 Å². The maximum atomic E-state index is 5.06. The van der Waals surface area contributed by atoms with Crippen LogP contribution in [0.15, 0.2) is 133 Å². The normalized spacial score (nSPS) is 12.3. The summed E-state index contributed by atoms with van der Waals surface area (Å²) in [5.41, 5.74) is 10.5. The van der Waals surface area contributed by atoms with Crippen molar-refractivity contribution in [2.45, 2.75) is 0 Å². The molecule has 6 aromatic carbocycles. The van der Waals surface area contributed by atoms with Crippen LogP contribution in [-0.4, -0.2) is 18.5 Å². The molecule has 4 nitrogen and oxygen atoms in total. The van der Waals surface area contributed by atoms with E-state index in [-0.39, 0.29) is 0 Å². The monoisotopic (exact) mass is 554 g/mol. The molecule has 0 amide bonds. The maximum Gasteiger partial charge on any atom is 0.195 e. The van der Waals surface area contributed by atoms with Crippen molar-refractivity contribution >= 4 is 81.2 Å². The molecule has 0 radical (unpaired) electrons. The molecule has 10 aromatic rings. The first kappa shape index (κ1) is 22.3. The van der Waals surface area contributed by atoms with Crippen molar-refractivity contribution in [2.24, 2.45) is 0 Å². The van der Waals surface area contributed by atoms with Gasteiger partial charge in [-0.3, -0.25) is 4.40 Å². The van der Waals surface area contributed by atoms with Crippen LogP contribution in [-0.2, 0) is 0 Å². The van der Waals surface area contributed by atoms with Gasteiger partial charge in [-0.25, -0.2) is 4.98 Å². The summed E-state index contributed by atoms with van der Waals surface area (Å²) < 4.78 is 8.33. The van der Waals surface area contributed by atoms with Crippen LogP contribution in [0.25, 0.3) is 81.2 Å². The van der Waals surface area contributed by atoms with Crippen molar-refractivity contribution in [3.05, 3.63) is 133 Å². The molecule has 5 heteroatoms. The molecule has 0 fully saturated rings. The average molecular weight is 555 g/mol. The minimum atomic E-state index is 1.01. The number of nitrogens with zero attached hydrogens (tertiary/aromatic N) is 4. The number of imidazole rings is 1. The van der Waals surface area contributed by atoms with Crippen LogP contribution in [0.4, 0.5) is 0 Å². The van der Waals surface area contributed by atoms with Gasteiger partial charge in [0.05, 0.1) is 43.3 Å². The minimum Gasteiger partial charge on any atom is -0.309 e. The van der Waals surface area contributed by atoms with Gasteiger partial charge in [-0.15, -0.1) is 0 Å². The second kappa shape index (κ2) is 8.09. The fraction of sp³-hybridized carbons (Fsp3) is 0. The van der Waals surface area contributed by atoms with Gasteiger partial charge in [0, 0.05) is 32.9 Å². The summed E-state index contributed by atoms with van der Waals surface area (Å²) in [5.74, 6) is 0. The molecule has 0 aliphatic rings. The smallest absolute Gasteiger partial charge is 0.195 e. The third kappa shape index (κ3) is 2.88. The maximum absolute atomic E-state index is 5.06. The zero-order valence-electron chi connectivity index (χ0n) is 22.4. The first-order valence-corrected chi connectivity index (χ1v) is 15.0. The lowest BCUT2D eigenvalue weighted by atomic mass is 10.2. The number of hydrogen-bond donors (Lipinski definition) is 0. The summed E-state index contributed by atoms with van der Waals surface area (Å²) in [6.45, 7) is 0. The molecule has 0 unspecified atom stereocenters. The molecular formula is C37H22N4S. The molecule has 0 saturated carbocycles. The first-order chi connectivity index (χ1) is 20.8. The second-order valence-corrected chi connectivity index (χ2v) is 11.9. The van der Waals surface area contributed by atoms with E-state index in [0.717, 1.165) is 27.4 Å². The summed E-state index contributed by atoms with van der Waals surface area (Å²) >= 11 is 1.74. The Hall–Kier alpha value is -5.39. The summed E-state index contributed by atoms with van der Waals surface area (Å²) in [5, 5.41) is 5.08. The number of rotatable bonds is 2. The molecule has 0 saturated heterocycles. The van der Waals surface area contributed by atoms with E-state index in [1.54, 1.807) is 11.3 Å². The van der Waals surface area contributed by atoms with Gasteiger partial charge in [0.15, 0.2) is 4.96 Å². The van der Waals surface area contributed by atoms with Crippen LogP contribution in [0, 0.1) is 0 Å². The molecule has 4 aromatic heterocycles. The number of thiazole rings is 1. The standard InChI is InChI=1S/C37H22N4S/c1-5-13-30-25(9-1)26-10-2-6-14-31(26)39(30)23-17-19-29-34(21-23)41-35-22-24(18-20-36(35)42-37(41)38-29)40-32-15-7-3-11-27(32)28-12-4-8-16-33(28)40/h1-22H. The first-order valence-electron chi connectivity index (χ1n) is 14.2.